The molecule has 1 aromatic rings. The first-order chi connectivity index (χ1) is 9.11. The van der Waals surface area contributed by atoms with Gasteiger partial charge in [0.05, 0.1) is 16.0 Å². The van der Waals surface area contributed by atoms with E-state index < -0.39 is 10.8 Å². The third kappa shape index (κ3) is 3.63. The second kappa shape index (κ2) is 6.62. The second-order valence-corrected chi connectivity index (χ2v) is 7.09. The maximum atomic E-state index is 12.9. The number of hydrogen-bond acceptors (Lipinski definition) is 2. The minimum atomic E-state index is -1.12. The van der Waals surface area contributed by atoms with Crippen molar-refractivity contribution in [2.24, 2.45) is 11.7 Å². The highest BCUT2D eigenvalue weighted by atomic mass is 32.2. The summed E-state index contributed by atoms with van der Waals surface area (Å²) in [5, 5.41) is 0.00996. The van der Waals surface area contributed by atoms with Crippen LogP contribution in [0.1, 0.15) is 39.0 Å². The van der Waals surface area contributed by atoms with Gasteiger partial charge in [0.1, 0.15) is 5.82 Å². The molecule has 19 heavy (non-hydrogen) atoms. The molecule has 106 valence electrons. The smallest absolute Gasteiger partial charge is 0.123 e. The third-order valence-corrected chi connectivity index (χ3v) is 5.80. The standard InChI is InChI=1S/C15H22FNOS/c1-2-3-11-4-9-14(17)15(10-11)19(18)13-7-5-12(16)6-8-13/h5-8,11,14-15H,2-4,9-10,17H2,1H3. The summed E-state index contributed by atoms with van der Waals surface area (Å²) in [4.78, 5) is 0.694. The van der Waals surface area contributed by atoms with Gasteiger partial charge in [0.25, 0.3) is 0 Å². The first-order valence-electron chi connectivity index (χ1n) is 7.03. The van der Waals surface area contributed by atoms with Crippen LogP contribution in [0.25, 0.3) is 0 Å². The summed E-state index contributed by atoms with van der Waals surface area (Å²) in [6, 6.07) is 5.96. The van der Waals surface area contributed by atoms with Crippen molar-refractivity contribution in [2.75, 3.05) is 0 Å². The molecule has 1 aliphatic rings. The maximum Gasteiger partial charge on any atom is 0.123 e. The van der Waals surface area contributed by atoms with Crippen molar-refractivity contribution < 1.29 is 8.60 Å². The van der Waals surface area contributed by atoms with Crippen molar-refractivity contribution in [3.05, 3.63) is 30.1 Å². The molecule has 0 radical (unpaired) electrons. The number of halogens is 1. The van der Waals surface area contributed by atoms with Gasteiger partial charge in [-0.3, -0.25) is 4.21 Å². The van der Waals surface area contributed by atoms with Crippen LogP contribution in [0.2, 0.25) is 0 Å². The first kappa shape index (κ1) is 14.7. The van der Waals surface area contributed by atoms with E-state index in [0.717, 1.165) is 25.7 Å². The maximum absolute atomic E-state index is 12.9. The molecule has 1 aliphatic carbocycles. The fraction of sp³-hybridized carbons (Fsp3) is 0.600. The molecule has 0 spiro atoms. The van der Waals surface area contributed by atoms with Crippen molar-refractivity contribution in [2.45, 2.75) is 55.2 Å². The average Bonchev–Trinajstić information content (AvgIpc) is 2.41. The van der Waals surface area contributed by atoms with Gasteiger partial charge in [0, 0.05) is 10.9 Å². The van der Waals surface area contributed by atoms with Crippen LogP contribution in [-0.2, 0) is 10.8 Å². The summed E-state index contributed by atoms with van der Waals surface area (Å²) in [6.07, 6.45) is 5.37. The number of rotatable bonds is 4. The van der Waals surface area contributed by atoms with Crippen LogP contribution in [0.15, 0.2) is 29.2 Å². The van der Waals surface area contributed by atoms with Crippen LogP contribution < -0.4 is 5.73 Å². The zero-order valence-electron chi connectivity index (χ0n) is 11.3. The SMILES string of the molecule is CCCC1CCC(N)C(S(=O)c2ccc(F)cc2)C1. The van der Waals surface area contributed by atoms with E-state index in [9.17, 15) is 8.60 Å². The molecule has 4 heteroatoms. The monoisotopic (exact) mass is 283 g/mol. The molecule has 2 N–H and O–H groups in total. The third-order valence-electron chi connectivity index (χ3n) is 3.97. The van der Waals surface area contributed by atoms with Gasteiger partial charge in [-0.1, -0.05) is 19.8 Å². The van der Waals surface area contributed by atoms with Crippen LogP contribution in [0.5, 0.6) is 0 Å². The van der Waals surface area contributed by atoms with Crippen LogP contribution in [0, 0.1) is 11.7 Å². The minimum absolute atomic E-state index is 0.000933. The molecule has 0 saturated heterocycles. The Bertz CT molecular complexity index is 434. The number of nitrogens with two attached hydrogens (primary N) is 1. The predicted molar refractivity (Wildman–Crippen MR) is 76.8 cm³/mol. The Morgan fingerprint density at radius 1 is 1.32 bits per heavy atom. The molecule has 1 fully saturated rings. The Balaban J connectivity index is 2.09. The molecule has 4 unspecified atom stereocenters. The summed E-state index contributed by atoms with van der Waals surface area (Å²) in [7, 11) is -1.12. The molecule has 1 saturated carbocycles. The lowest BCUT2D eigenvalue weighted by molar-refractivity contribution is 0.313. The van der Waals surface area contributed by atoms with Crippen molar-refractivity contribution in [1.82, 2.24) is 0 Å². The molecule has 2 rings (SSSR count). The zero-order valence-corrected chi connectivity index (χ0v) is 12.2. The van der Waals surface area contributed by atoms with Crippen molar-refractivity contribution >= 4 is 10.8 Å². The van der Waals surface area contributed by atoms with Gasteiger partial charge in [0.15, 0.2) is 0 Å². The molecule has 4 atom stereocenters. The Kier molecular flexibility index (Phi) is 5.11. The summed E-state index contributed by atoms with van der Waals surface area (Å²) < 4.78 is 25.5. The van der Waals surface area contributed by atoms with E-state index in [4.69, 9.17) is 5.73 Å². The van der Waals surface area contributed by atoms with E-state index in [-0.39, 0.29) is 17.1 Å². The highest BCUT2D eigenvalue weighted by Crippen LogP contribution is 2.32. The van der Waals surface area contributed by atoms with Crippen LogP contribution in [0.4, 0.5) is 4.39 Å². The fourth-order valence-corrected chi connectivity index (χ4v) is 4.55. The topological polar surface area (TPSA) is 43.1 Å². The molecule has 0 heterocycles. The van der Waals surface area contributed by atoms with E-state index in [1.807, 2.05) is 0 Å². The van der Waals surface area contributed by atoms with E-state index in [1.54, 1.807) is 12.1 Å². The molecule has 0 amide bonds. The number of benzene rings is 1. The van der Waals surface area contributed by atoms with Gasteiger partial charge in [0.2, 0.25) is 0 Å². The van der Waals surface area contributed by atoms with Gasteiger partial charge in [-0.15, -0.1) is 0 Å². The van der Waals surface area contributed by atoms with Gasteiger partial charge in [-0.25, -0.2) is 4.39 Å². The quantitative estimate of drug-likeness (QED) is 0.922. The minimum Gasteiger partial charge on any atom is -0.327 e. The van der Waals surface area contributed by atoms with Crippen molar-refractivity contribution in [3.8, 4) is 0 Å². The second-order valence-electron chi connectivity index (χ2n) is 5.42. The zero-order chi connectivity index (χ0) is 13.8. The Labute approximate surface area is 117 Å². The largest absolute Gasteiger partial charge is 0.327 e. The van der Waals surface area contributed by atoms with E-state index >= 15 is 0 Å². The highest BCUT2D eigenvalue weighted by molar-refractivity contribution is 7.85. The lowest BCUT2D eigenvalue weighted by Crippen LogP contribution is -2.43. The fourth-order valence-electron chi connectivity index (χ4n) is 2.90. The Morgan fingerprint density at radius 3 is 2.63 bits per heavy atom. The van der Waals surface area contributed by atoms with Crippen LogP contribution in [-0.4, -0.2) is 15.5 Å². The lowest BCUT2D eigenvalue weighted by atomic mass is 9.83. The molecule has 0 aromatic heterocycles. The van der Waals surface area contributed by atoms with Gasteiger partial charge < -0.3 is 5.73 Å². The summed E-state index contributed by atoms with van der Waals surface area (Å²) in [5.41, 5.74) is 6.14. The molecular formula is C15H22FNOS. The van der Waals surface area contributed by atoms with E-state index in [1.165, 1.54) is 18.6 Å². The summed E-state index contributed by atoms with van der Waals surface area (Å²) in [5.74, 6) is 0.344. The molecule has 0 bridgehead atoms. The summed E-state index contributed by atoms with van der Waals surface area (Å²) in [6.45, 7) is 2.18. The lowest BCUT2D eigenvalue weighted by Gasteiger charge is -2.33. The van der Waals surface area contributed by atoms with Crippen molar-refractivity contribution in [3.63, 3.8) is 0 Å². The first-order valence-corrected chi connectivity index (χ1v) is 8.24. The van der Waals surface area contributed by atoms with Crippen LogP contribution in [0.3, 0.4) is 0 Å². The Morgan fingerprint density at radius 2 is 2.00 bits per heavy atom. The molecule has 0 aliphatic heterocycles. The summed E-state index contributed by atoms with van der Waals surface area (Å²) >= 11 is 0. The predicted octanol–water partition coefficient (Wildman–Crippen LogP) is 3.23. The van der Waals surface area contributed by atoms with Crippen LogP contribution >= 0.6 is 0 Å². The Hall–Kier alpha value is -0.740. The normalized spacial score (nSPS) is 29.1. The van der Waals surface area contributed by atoms with E-state index in [2.05, 4.69) is 6.92 Å². The van der Waals surface area contributed by atoms with Gasteiger partial charge >= 0.3 is 0 Å². The highest BCUT2D eigenvalue weighted by Gasteiger charge is 2.32. The van der Waals surface area contributed by atoms with Gasteiger partial charge in [-0.2, -0.15) is 0 Å². The molecule has 2 nitrogen and oxygen atoms in total. The molecular weight excluding hydrogens is 261 g/mol. The average molecular weight is 283 g/mol. The number of hydrogen-bond donors (Lipinski definition) is 1. The molecule has 1 aromatic carbocycles. The van der Waals surface area contributed by atoms with Crippen molar-refractivity contribution in [1.29, 1.82) is 0 Å². The van der Waals surface area contributed by atoms with E-state index in [0.29, 0.717) is 10.8 Å². The van der Waals surface area contributed by atoms with Gasteiger partial charge in [-0.05, 0) is 49.4 Å².